The molecule has 1 fully saturated rings. The number of nitrogens with one attached hydrogen (secondary N) is 1. The highest BCUT2D eigenvalue weighted by molar-refractivity contribution is 7.85. The van der Waals surface area contributed by atoms with Gasteiger partial charge in [0.05, 0.1) is 40.4 Å². The zero-order valence-corrected chi connectivity index (χ0v) is 19.8. The summed E-state index contributed by atoms with van der Waals surface area (Å²) in [5, 5.41) is 8.61. The summed E-state index contributed by atoms with van der Waals surface area (Å²) < 4.78 is 29.0. The molecule has 3 heterocycles. The van der Waals surface area contributed by atoms with Crippen LogP contribution in [-0.2, 0) is 20.9 Å². The minimum atomic E-state index is -3.53. The van der Waals surface area contributed by atoms with E-state index >= 15 is 0 Å². The van der Waals surface area contributed by atoms with Gasteiger partial charge in [-0.15, -0.1) is 23.7 Å². The maximum absolute atomic E-state index is 12.8. The van der Waals surface area contributed by atoms with E-state index in [2.05, 4.69) is 15.0 Å². The lowest BCUT2D eigenvalue weighted by Gasteiger charge is -2.22. The number of hydrogen-bond acceptors (Lipinski definition) is 7. The van der Waals surface area contributed by atoms with Gasteiger partial charge in [-0.25, -0.2) is 0 Å². The molecule has 4 rings (SSSR count). The Kier molecular flexibility index (Phi) is 7.35. The number of rotatable bonds is 6. The number of anilines is 1. The largest absolute Gasteiger partial charge is 0.320 e. The number of carbonyl (C=O) groups is 1. The van der Waals surface area contributed by atoms with Gasteiger partial charge in [-0.3, -0.25) is 18.6 Å². The van der Waals surface area contributed by atoms with Crippen molar-refractivity contribution < 1.29 is 17.4 Å². The lowest BCUT2D eigenvalue weighted by Crippen LogP contribution is -2.14. The summed E-state index contributed by atoms with van der Waals surface area (Å²) in [6.07, 6.45) is 8.48. The molecule has 0 bridgehead atoms. The number of hydrogen-bond donors (Lipinski definition) is 1. The molecule has 0 unspecified atom stereocenters. The van der Waals surface area contributed by atoms with Gasteiger partial charge >= 0.3 is 0 Å². The molecule has 3 aromatic rings. The summed E-state index contributed by atoms with van der Waals surface area (Å²) in [6, 6.07) is 5.61. The molecule has 0 spiro atoms. The van der Waals surface area contributed by atoms with E-state index in [4.69, 9.17) is 9.28 Å². The second kappa shape index (κ2) is 9.64. The predicted molar refractivity (Wildman–Crippen MR) is 124 cm³/mol. The van der Waals surface area contributed by atoms with E-state index in [1.54, 1.807) is 12.1 Å². The van der Waals surface area contributed by atoms with E-state index < -0.39 is 10.1 Å². The van der Waals surface area contributed by atoms with Gasteiger partial charge < -0.3 is 5.32 Å². The first kappa shape index (κ1) is 23.6. The SMILES string of the molecule is Cc1nn(C2CCCCC2)c2sc(C(=O)Nc3ccc(COS(C)(=O)=O)nc3)cc12.Cl. The summed E-state index contributed by atoms with van der Waals surface area (Å²) in [7, 11) is -3.53. The molecule has 8 nitrogen and oxygen atoms in total. The third-order valence-corrected chi connectivity index (χ3v) is 6.89. The van der Waals surface area contributed by atoms with Gasteiger partial charge in [-0.1, -0.05) is 19.3 Å². The van der Waals surface area contributed by atoms with Crippen LogP contribution in [0.2, 0.25) is 0 Å². The lowest BCUT2D eigenvalue weighted by atomic mass is 9.96. The van der Waals surface area contributed by atoms with Gasteiger partial charge in [0.2, 0.25) is 0 Å². The highest BCUT2D eigenvalue weighted by Crippen LogP contribution is 2.35. The smallest absolute Gasteiger partial charge is 0.265 e. The Morgan fingerprint density at radius 3 is 2.68 bits per heavy atom. The van der Waals surface area contributed by atoms with Crippen LogP contribution in [0, 0.1) is 6.92 Å². The number of nitrogens with zero attached hydrogens (tertiary/aromatic N) is 3. The van der Waals surface area contributed by atoms with Crippen molar-refractivity contribution in [2.75, 3.05) is 11.6 Å². The van der Waals surface area contributed by atoms with Crippen molar-refractivity contribution in [1.82, 2.24) is 14.8 Å². The highest BCUT2D eigenvalue weighted by Gasteiger charge is 2.22. The Hall–Kier alpha value is -2.01. The second-order valence-electron chi connectivity index (χ2n) is 7.61. The highest BCUT2D eigenvalue weighted by atomic mass is 35.5. The van der Waals surface area contributed by atoms with Crippen molar-refractivity contribution in [3.63, 3.8) is 0 Å². The summed E-state index contributed by atoms with van der Waals surface area (Å²) >= 11 is 1.46. The zero-order chi connectivity index (χ0) is 21.3. The van der Waals surface area contributed by atoms with Gasteiger partial charge in [0.1, 0.15) is 11.4 Å². The van der Waals surface area contributed by atoms with Crippen LogP contribution in [0.15, 0.2) is 24.4 Å². The number of thiophene rings is 1. The van der Waals surface area contributed by atoms with Crippen molar-refractivity contribution in [1.29, 1.82) is 0 Å². The molecular formula is C20H25ClN4O4S2. The lowest BCUT2D eigenvalue weighted by molar-refractivity contribution is 0.103. The van der Waals surface area contributed by atoms with Crippen LogP contribution < -0.4 is 5.32 Å². The fourth-order valence-electron chi connectivity index (χ4n) is 3.70. The Bertz CT molecular complexity index is 1170. The Balaban J connectivity index is 0.00000272. The number of aryl methyl sites for hydroxylation is 1. The predicted octanol–water partition coefficient (Wildman–Crippen LogP) is 4.46. The van der Waals surface area contributed by atoms with Gasteiger partial charge in [0, 0.05) is 5.39 Å². The number of carbonyl (C=O) groups excluding carboxylic acids is 1. The minimum absolute atomic E-state index is 0. The van der Waals surface area contributed by atoms with E-state index in [0.717, 1.165) is 35.0 Å². The molecule has 0 atom stereocenters. The van der Waals surface area contributed by atoms with Crippen molar-refractivity contribution in [3.05, 3.63) is 40.7 Å². The molecular weight excluding hydrogens is 460 g/mol. The topological polar surface area (TPSA) is 103 Å². The molecule has 1 aliphatic rings. The molecule has 0 aliphatic heterocycles. The fraction of sp³-hybridized carbons (Fsp3) is 0.450. The monoisotopic (exact) mass is 484 g/mol. The van der Waals surface area contributed by atoms with Crippen molar-refractivity contribution in [2.45, 2.75) is 51.7 Å². The van der Waals surface area contributed by atoms with Crippen LogP contribution in [0.3, 0.4) is 0 Å². The first-order chi connectivity index (χ1) is 14.3. The third kappa shape index (κ3) is 5.62. The minimum Gasteiger partial charge on any atom is -0.320 e. The number of halogens is 1. The molecule has 31 heavy (non-hydrogen) atoms. The van der Waals surface area contributed by atoms with Crippen LogP contribution in [0.25, 0.3) is 10.2 Å². The number of pyridine rings is 1. The first-order valence-corrected chi connectivity index (χ1v) is 12.5. The fourth-order valence-corrected chi connectivity index (χ4v) is 5.16. The standard InChI is InChI=1S/C20H24N4O4S2.ClH/c1-13-17-10-18(29-20(17)24(23-13)16-6-4-3-5-7-16)19(25)22-14-8-9-15(21-11-14)12-28-30(2,26)27;/h8-11,16H,3-7,12H2,1-2H3,(H,22,25);1H. The van der Waals surface area contributed by atoms with E-state index in [9.17, 15) is 13.2 Å². The Morgan fingerprint density at radius 1 is 1.29 bits per heavy atom. The van der Waals surface area contributed by atoms with Crippen LogP contribution in [0.5, 0.6) is 0 Å². The van der Waals surface area contributed by atoms with E-state index in [0.29, 0.717) is 22.3 Å². The third-order valence-electron chi connectivity index (χ3n) is 5.22. The van der Waals surface area contributed by atoms with Crippen LogP contribution in [0.1, 0.15) is 59.2 Å². The maximum atomic E-state index is 12.8. The number of aromatic nitrogens is 3. The first-order valence-electron chi connectivity index (χ1n) is 9.89. The Labute approximate surface area is 191 Å². The summed E-state index contributed by atoms with van der Waals surface area (Å²) in [5.41, 5.74) is 1.94. The quantitative estimate of drug-likeness (QED) is 0.518. The average Bonchev–Trinajstić information content (AvgIpc) is 3.28. The number of amides is 1. The van der Waals surface area contributed by atoms with Crippen molar-refractivity contribution in [2.24, 2.45) is 0 Å². The van der Waals surface area contributed by atoms with Crippen molar-refractivity contribution >= 4 is 55.7 Å². The molecule has 11 heteroatoms. The molecule has 168 valence electrons. The molecule has 0 aromatic carbocycles. The van der Waals surface area contributed by atoms with E-state index in [1.165, 1.54) is 36.8 Å². The van der Waals surface area contributed by atoms with Crippen LogP contribution in [0.4, 0.5) is 5.69 Å². The second-order valence-corrected chi connectivity index (χ2v) is 10.3. The summed E-state index contributed by atoms with van der Waals surface area (Å²) in [6.45, 7) is 1.84. The normalized spacial score (nSPS) is 15.0. The molecule has 1 amide bonds. The molecule has 1 saturated carbocycles. The molecule has 3 aromatic heterocycles. The van der Waals surface area contributed by atoms with Gasteiger partial charge in [-0.2, -0.15) is 13.5 Å². The Morgan fingerprint density at radius 2 is 2.03 bits per heavy atom. The van der Waals surface area contributed by atoms with Gasteiger partial charge in [-0.05, 0) is 38.0 Å². The maximum Gasteiger partial charge on any atom is 0.265 e. The van der Waals surface area contributed by atoms with Crippen molar-refractivity contribution in [3.8, 4) is 0 Å². The molecule has 1 aliphatic carbocycles. The summed E-state index contributed by atoms with van der Waals surface area (Å²) in [5.74, 6) is -0.201. The van der Waals surface area contributed by atoms with Gasteiger partial charge in [0.25, 0.3) is 16.0 Å². The van der Waals surface area contributed by atoms with Gasteiger partial charge in [0.15, 0.2) is 0 Å². The van der Waals surface area contributed by atoms with E-state index in [-0.39, 0.29) is 24.9 Å². The summed E-state index contributed by atoms with van der Waals surface area (Å²) in [4.78, 5) is 18.6. The molecule has 0 saturated heterocycles. The van der Waals surface area contributed by atoms with E-state index in [1.807, 2.05) is 13.0 Å². The van der Waals surface area contributed by atoms with Crippen LogP contribution in [-0.4, -0.2) is 35.3 Å². The van der Waals surface area contributed by atoms with Crippen LogP contribution >= 0.6 is 23.7 Å². The number of fused-ring (bicyclic) bond motifs is 1. The zero-order valence-electron chi connectivity index (χ0n) is 17.3. The average molecular weight is 485 g/mol. The molecule has 0 radical (unpaired) electrons. The molecule has 1 N–H and O–H groups in total.